The number of nitrogens with one attached hydrogen (secondary N) is 2. The van der Waals surface area contributed by atoms with Gasteiger partial charge in [0.05, 0.1) is 0 Å². The van der Waals surface area contributed by atoms with Gasteiger partial charge in [0, 0.05) is 49.8 Å². The van der Waals surface area contributed by atoms with Crippen LogP contribution in [0.25, 0.3) is 17.0 Å². The average Bonchev–Trinajstić information content (AvgIpc) is 2.84. The topological polar surface area (TPSA) is 31.1 Å². The number of fused-ring (bicyclic) bond motifs is 1. The van der Waals surface area contributed by atoms with Crippen LogP contribution in [0.15, 0.2) is 36.5 Å². The molecule has 0 atom stereocenters. The summed E-state index contributed by atoms with van der Waals surface area (Å²) in [5, 5.41) is 4.67. The number of aromatic amines is 1. The molecule has 2 aromatic rings. The normalized spacial score (nSPS) is 17.8. The minimum Gasteiger partial charge on any atom is -0.361 e. The quantitative estimate of drug-likeness (QED) is 0.862. The molecule has 1 aliphatic heterocycles. The standard InChI is InChI=1S/C15H19N3/c1-2-6-15-14(5-1)13(12-17-15)4-3-9-18-10-7-16-8-11-18/h1-6,12,16-17H,7-11H2. The molecule has 0 unspecified atom stereocenters. The Kier molecular flexibility index (Phi) is 3.44. The Morgan fingerprint density at radius 2 is 2.00 bits per heavy atom. The second-order valence-corrected chi connectivity index (χ2v) is 4.74. The zero-order valence-electron chi connectivity index (χ0n) is 10.5. The summed E-state index contributed by atoms with van der Waals surface area (Å²) >= 11 is 0. The maximum Gasteiger partial charge on any atom is 0.0460 e. The van der Waals surface area contributed by atoms with Crippen LogP contribution in [0.1, 0.15) is 5.56 Å². The van der Waals surface area contributed by atoms with E-state index >= 15 is 0 Å². The van der Waals surface area contributed by atoms with E-state index in [0.717, 1.165) is 32.7 Å². The number of hydrogen-bond acceptors (Lipinski definition) is 2. The van der Waals surface area contributed by atoms with Crippen LogP contribution in [-0.4, -0.2) is 42.6 Å². The summed E-state index contributed by atoms with van der Waals surface area (Å²) in [5.41, 5.74) is 2.49. The maximum absolute atomic E-state index is 3.37. The van der Waals surface area contributed by atoms with Crippen molar-refractivity contribution in [2.24, 2.45) is 0 Å². The number of para-hydroxylation sites is 1. The third-order valence-corrected chi connectivity index (χ3v) is 3.49. The van der Waals surface area contributed by atoms with Crippen LogP contribution in [0.5, 0.6) is 0 Å². The van der Waals surface area contributed by atoms with Crippen LogP contribution in [0.4, 0.5) is 0 Å². The summed E-state index contributed by atoms with van der Waals surface area (Å²) in [7, 11) is 0. The van der Waals surface area contributed by atoms with Gasteiger partial charge in [-0.2, -0.15) is 0 Å². The van der Waals surface area contributed by atoms with E-state index in [-0.39, 0.29) is 0 Å². The Hall–Kier alpha value is -1.58. The highest BCUT2D eigenvalue weighted by molar-refractivity contribution is 5.88. The molecule has 1 fully saturated rings. The first-order valence-corrected chi connectivity index (χ1v) is 6.59. The Labute approximate surface area is 107 Å². The molecule has 3 heteroatoms. The van der Waals surface area contributed by atoms with Gasteiger partial charge in [-0.15, -0.1) is 0 Å². The predicted molar refractivity (Wildman–Crippen MR) is 76.6 cm³/mol. The molecule has 1 aromatic carbocycles. The fraction of sp³-hybridized carbons (Fsp3) is 0.333. The van der Waals surface area contributed by atoms with Crippen molar-refractivity contribution >= 4 is 17.0 Å². The van der Waals surface area contributed by atoms with Crippen molar-refractivity contribution in [3.05, 3.63) is 42.1 Å². The lowest BCUT2D eigenvalue weighted by atomic mass is 10.1. The molecule has 0 bridgehead atoms. The minimum atomic E-state index is 1.04. The molecule has 1 aliphatic rings. The highest BCUT2D eigenvalue weighted by atomic mass is 15.2. The summed E-state index contributed by atoms with van der Waals surface area (Å²) in [5.74, 6) is 0. The maximum atomic E-state index is 3.37. The van der Waals surface area contributed by atoms with Crippen molar-refractivity contribution in [1.82, 2.24) is 15.2 Å². The monoisotopic (exact) mass is 241 g/mol. The Bertz CT molecular complexity index is 535. The smallest absolute Gasteiger partial charge is 0.0460 e. The molecule has 3 rings (SSSR count). The second-order valence-electron chi connectivity index (χ2n) is 4.74. The summed E-state index contributed by atoms with van der Waals surface area (Å²) in [6.07, 6.45) is 6.57. The molecule has 18 heavy (non-hydrogen) atoms. The number of aromatic nitrogens is 1. The molecular formula is C15H19N3. The molecule has 0 saturated carbocycles. The first kappa shape index (κ1) is 11.5. The summed E-state index contributed by atoms with van der Waals surface area (Å²) < 4.78 is 0. The Balaban J connectivity index is 1.68. The molecule has 2 N–H and O–H groups in total. The molecule has 2 heterocycles. The van der Waals surface area contributed by atoms with Crippen LogP contribution < -0.4 is 5.32 Å². The van der Waals surface area contributed by atoms with E-state index in [1.807, 2.05) is 0 Å². The van der Waals surface area contributed by atoms with Crippen molar-refractivity contribution in [2.75, 3.05) is 32.7 Å². The fourth-order valence-corrected chi connectivity index (χ4v) is 2.45. The van der Waals surface area contributed by atoms with E-state index in [1.54, 1.807) is 0 Å². The minimum absolute atomic E-state index is 1.04. The van der Waals surface area contributed by atoms with Gasteiger partial charge in [0.15, 0.2) is 0 Å². The van der Waals surface area contributed by atoms with E-state index < -0.39 is 0 Å². The van der Waals surface area contributed by atoms with Crippen LogP contribution in [0.3, 0.4) is 0 Å². The molecule has 0 aliphatic carbocycles. The molecule has 0 spiro atoms. The second kappa shape index (κ2) is 5.38. The van der Waals surface area contributed by atoms with Gasteiger partial charge in [-0.1, -0.05) is 30.4 Å². The lowest BCUT2D eigenvalue weighted by Crippen LogP contribution is -2.43. The number of piperazine rings is 1. The van der Waals surface area contributed by atoms with Crippen molar-refractivity contribution < 1.29 is 0 Å². The number of benzene rings is 1. The zero-order chi connectivity index (χ0) is 12.2. The Morgan fingerprint density at radius 1 is 1.17 bits per heavy atom. The van der Waals surface area contributed by atoms with Gasteiger partial charge in [0.25, 0.3) is 0 Å². The van der Waals surface area contributed by atoms with Gasteiger partial charge in [0.2, 0.25) is 0 Å². The van der Waals surface area contributed by atoms with E-state index in [0.29, 0.717) is 0 Å². The van der Waals surface area contributed by atoms with Crippen LogP contribution in [0, 0.1) is 0 Å². The molecule has 94 valence electrons. The molecule has 1 aromatic heterocycles. The average molecular weight is 241 g/mol. The van der Waals surface area contributed by atoms with E-state index in [4.69, 9.17) is 0 Å². The summed E-state index contributed by atoms with van der Waals surface area (Å²) in [4.78, 5) is 5.78. The summed E-state index contributed by atoms with van der Waals surface area (Å²) in [6, 6.07) is 8.43. The van der Waals surface area contributed by atoms with Crippen LogP contribution >= 0.6 is 0 Å². The van der Waals surface area contributed by atoms with Gasteiger partial charge < -0.3 is 10.3 Å². The number of nitrogens with zero attached hydrogens (tertiary/aromatic N) is 1. The van der Waals surface area contributed by atoms with Crippen molar-refractivity contribution in [3.8, 4) is 0 Å². The van der Waals surface area contributed by atoms with E-state index in [2.05, 4.69) is 57.8 Å². The molecule has 1 saturated heterocycles. The van der Waals surface area contributed by atoms with Gasteiger partial charge >= 0.3 is 0 Å². The number of H-pyrrole nitrogens is 1. The fourth-order valence-electron chi connectivity index (χ4n) is 2.45. The van der Waals surface area contributed by atoms with Crippen molar-refractivity contribution in [2.45, 2.75) is 0 Å². The Morgan fingerprint density at radius 3 is 2.89 bits per heavy atom. The third-order valence-electron chi connectivity index (χ3n) is 3.49. The first-order chi connectivity index (χ1) is 8.93. The highest BCUT2D eigenvalue weighted by Crippen LogP contribution is 2.18. The molecule has 0 radical (unpaired) electrons. The number of rotatable bonds is 3. The zero-order valence-corrected chi connectivity index (χ0v) is 10.5. The van der Waals surface area contributed by atoms with Crippen LogP contribution in [-0.2, 0) is 0 Å². The molecule has 3 nitrogen and oxygen atoms in total. The van der Waals surface area contributed by atoms with E-state index in [1.165, 1.54) is 16.5 Å². The molecular weight excluding hydrogens is 222 g/mol. The lowest BCUT2D eigenvalue weighted by molar-refractivity contribution is 0.265. The van der Waals surface area contributed by atoms with Gasteiger partial charge in [-0.25, -0.2) is 0 Å². The number of hydrogen-bond donors (Lipinski definition) is 2. The predicted octanol–water partition coefficient (Wildman–Crippen LogP) is 2.09. The van der Waals surface area contributed by atoms with Gasteiger partial charge in [-0.05, 0) is 11.6 Å². The van der Waals surface area contributed by atoms with Crippen molar-refractivity contribution in [1.29, 1.82) is 0 Å². The SMILES string of the molecule is C(=Cc1c[nH]c2ccccc12)CN1CCNCC1. The van der Waals surface area contributed by atoms with Gasteiger partial charge in [0.1, 0.15) is 0 Å². The summed E-state index contributed by atoms with van der Waals surface area (Å²) in [6.45, 7) is 5.57. The van der Waals surface area contributed by atoms with Crippen molar-refractivity contribution in [3.63, 3.8) is 0 Å². The van der Waals surface area contributed by atoms with Gasteiger partial charge in [-0.3, -0.25) is 4.90 Å². The third kappa shape index (κ3) is 2.47. The lowest BCUT2D eigenvalue weighted by Gasteiger charge is -2.25. The molecule has 0 amide bonds. The largest absolute Gasteiger partial charge is 0.361 e. The first-order valence-electron chi connectivity index (χ1n) is 6.59. The van der Waals surface area contributed by atoms with E-state index in [9.17, 15) is 0 Å². The van der Waals surface area contributed by atoms with Crippen LogP contribution in [0.2, 0.25) is 0 Å². The highest BCUT2D eigenvalue weighted by Gasteiger charge is 2.06.